The molecule has 2 amide bonds. The number of carbonyl (C=O) groups excluding carboxylic acids is 2. The Morgan fingerprint density at radius 2 is 1.85 bits per heavy atom. The molecular weight excluding hydrogens is 460 g/mol. The van der Waals surface area contributed by atoms with Crippen LogP contribution in [0.3, 0.4) is 0 Å². The number of hydrogen-bond acceptors (Lipinski definition) is 6. The zero-order valence-corrected chi connectivity index (χ0v) is 19.4. The summed E-state index contributed by atoms with van der Waals surface area (Å²) < 4.78 is 27.9. The number of aromatic nitrogens is 1. The lowest BCUT2D eigenvalue weighted by Gasteiger charge is -2.32. The van der Waals surface area contributed by atoms with Gasteiger partial charge in [-0.3, -0.25) is 14.6 Å². The van der Waals surface area contributed by atoms with E-state index in [0.29, 0.717) is 37.1 Å². The highest BCUT2D eigenvalue weighted by Gasteiger charge is 2.26. The molecule has 0 aliphatic carbocycles. The number of nitrogens with one attached hydrogen (secondary N) is 2. The van der Waals surface area contributed by atoms with Crippen molar-refractivity contribution in [1.29, 1.82) is 0 Å². The molecule has 2 N–H and O–H groups in total. The second kappa shape index (κ2) is 10.2. The van der Waals surface area contributed by atoms with Crippen LogP contribution < -0.4 is 10.0 Å². The first-order valence-electron chi connectivity index (χ1n) is 10.5. The van der Waals surface area contributed by atoms with E-state index in [9.17, 15) is 18.0 Å². The van der Waals surface area contributed by atoms with E-state index < -0.39 is 10.0 Å². The number of piperidine rings is 1. The van der Waals surface area contributed by atoms with E-state index in [1.165, 1.54) is 29.7 Å². The Balaban J connectivity index is 1.34. The smallest absolute Gasteiger partial charge is 0.253 e. The van der Waals surface area contributed by atoms with Gasteiger partial charge in [-0.1, -0.05) is 12.1 Å². The van der Waals surface area contributed by atoms with Crippen LogP contribution >= 0.6 is 11.3 Å². The summed E-state index contributed by atoms with van der Waals surface area (Å²) in [7, 11) is -3.74. The van der Waals surface area contributed by atoms with Gasteiger partial charge in [-0.25, -0.2) is 13.1 Å². The van der Waals surface area contributed by atoms with Crippen molar-refractivity contribution < 1.29 is 18.0 Å². The van der Waals surface area contributed by atoms with Crippen LogP contribution in [0.5, 0.6) is 0 Å². The van der Waals surface area contributed by atoms with Gasteiger partial charge in [0.15, 0.2) is 0 Å². The van der Waals surface area contributed by atoms with Crippen molar-refractivity contribution in [3.05, 3.63) is 82.3 Å². The number of thiophene rings is 1. The monoisotopic (exact) mass is 484 g/mol. The van der Waals surface area contributed by atoms with E-state index in [-0.39, 0.29) is 29.3 Å². The summed E-state index contributed by atoms with van der Waals surface area (Å²) in [6, 6.07) is 13.2. The summed E-state index contributed by atoms with van der Waals surface area (Å²) >= 11 is 1.47. The molecule has 0 atom stereocenters. The quantitative estimate of drug-likeness (QED) is 0.536. The molecule has 3 aromatic rings. The lowest BCUT2D eigenvalue weighted by atomic mass is 10.0. The van der Waals surface area contributed by atoms with E-state index in [0.717, 1.165) is 4.88 Å². The number of carbonyl (C=O) groups is 2. The Bertz CT molecular complexity index is 1210. The Morgan fingerprint density at radius 1 is 1.06 bits per heavy atom. The summed E-state index contributed by atoms with van der Waals surface area (Å²) in [5.74, 6) is -0.400. The molecule has 0 saturated carbocycles. The molecule has 0 unspecified atom stereocenters. The SMILES string of the molecule is O=C(NC1CCN(C(=O)c2cccc(S(=O)(=O)NCc3cccs3)c2)CC1)c1cccnc1. The minimum Gasteiger partial charge on any atom is -0.349 e. The van der Waals surface area contributed by atoms with Crippen LogP contribution in [-0.4, -0.2) is 49.2 Å². The molecule has 172 valence electrons. The Morgan fingerprint density at radius 3 is 2.55 bits per heavy atom. The fraction of sp³-hybridized carbons (Fsp3) is 0.261. The third kappa shape index (κ3) is 5.84. The minimum atomic E-state index is -3.74. The highest BCUT2D eigenvalue weighted by atomic mass is 32.2. The predicted molar refractivity (Wildman–Crippen MR) is 125 cm³/mol. The molecular formula is C23H24N4O4S2. The highest BCUT2D eigenvalue weighted by Crippen LogP contribution is 2.18. The zero-order chi connectivity index (χ0) is 23.3. The molecule has 33 heavy (non-hydrogen) atoms. The Labute approximate surface area is 196 Å². The Hall–Kier alpha value is -3.08. The van der Waals surface area contributed by atoms with Gasteiger partial charge in [0.1, 0.15) is 0 Å². The van der Waals surface area contributed by atoms with Gasteiger partial charge in [0.25, 0.3) is 11.8 Å². The number of amides is 2. The van der Waals surface area contributed by atoms with Crippen LogP contribution in [0.2, 0.25) is 0 Å². The van der Waals surface area contributed by atoms with Gasteiger partial charge in [-0.05, 0) is 54.6 Å². The number of benzene rings is 1. The first-order chi connectivity index (χ1) is 15.9. The lowest BCUT2D eigenvalue weighted by molar-refractivity contribution is 0.0698. The average molecular weight is 485 g/mol. The summed E-state index contributed by atoms with van der Waals surface area (Å²) in [6.07, 6.45) is 4.38. The summed E-state index contributed by atoms with van der Waals surface area (Å²) in [4.78, 5) is 31.9. The molecule has 3 heterocycles. The number of hydrogen-bond donors (Lipinski definition) is 2. The fourth-order valence-electron chi connectivity index (χ4n) is 3.63. The van der Waals surface area contributed by atoms with E-state index in [1.54, 1.807) is 35.4 Å². The molecule has 0 spiro atoms. The molecule has 2 aromatic heterocycles. The van der Waals surface area contributed by atoms with Crippen molar-refractivity contribution in [2.45, 2.75) is 30.3 Å². The standard InChI is InChI=1S/C23H24N4O4S2/c28-22(18-5-2-10-24-15-18)26-19-8-11-27(12-9-19)23(29)17-4-1-7-21(14-17)33(30,31)25-16-20-6-3-13-32-20/h1-7,10,13-15,19,25H,8-9,11-12,16H2,(H,26,28). The topological polar surface area (TPSA) is 108 Å². The van der Waals surface area contributed by atoms with Gasteiger partial charge < -0.3 is 10.2 Å². The van der Waals surface area contributed by atoms with Crippen LogP contribution in [0.4, 0.5) is 0 Å². The van der Waals surface area contributed by atoms with Gasteiger partial charge in [0.2, 0.25) is 10.0 Å². The van der Waals surface area contributed by atoms with E-state index in [2.05, 4.69) is 15.0 Å². The van der Waals surface area contributed by atoms with Crippen LogP contribution in [-0.2, 0) is 16.6 Å². The van der Waals surface area contributed by atoms with E-state index in [4.69, 9.17) is 0 Å². The number of likely N-dealkylation sites (tertiary alicyclic amines) is 1. The van der Waals surface area contributed by atoms with Gasteiger partial charge in [0, 0.05) is 48.5 Å². The predicted octanol–water partition coefficient (Wildman–Crippen LogP) is 2.66. The largest absolute Gasteiger partial charge is 0.349 e. The molecule has 8 nitrogen and oxygen atoms in total. The van der Waals surface area contributed by atoms with Crippen molar-refractivity contribution in [3.63, 3.8) is 0 Å². The molecule has 1 saturated heterocycles. The normalized spacial score (nSPS) is 14.7. The van der Waals surface area contributed by atoms with Crippen LogP contribution in [0.25, 0.3) is 0 Å². The second-order valence-electron chi connectivity index (χ2n) is 7.71. The molecule has 1 fully saturated rings. The number of nitrogens with zero attached hydrogens (tertiary/aromatic N) is 2. The summed E-state index contributed by atoms with van der Waals surface area (Å²) in [6.45, 7) is 1.16. The Kier molecular flexibility index (Phi) is 7.17. The minimum absolute atomic E-state index is 0.0325. The number of rotatable bonds is 7. The second-order valence-corrected chi connectivity index (χ2v) is 10.5. The molecule has 10 heteroatoms. The summed E-state index contributed by atoms with van der Waals surface area (Å²) in [5, 5.41) is 4.87. The zero-order valence-electron chi connectivity index (χ0n) is 17.8. The van der Waals surface area contributed by atoms with E-state index in [1.807, 2.05) is 17.5 Å². The molecule has 1 aliphatic heterocycles. The maximum atomic E-state index is 13.0. The number of pyridine rings is 1. The lowest BCUT2D eigenvalue weighted by Crippen LogP contribution is -2.46. The van der Waals surface area contributed by atoms with Gasteiger partial charge in [0.05, 0.1) is 10.5 Å². The molecule has 1 aliphatic rings. The van der Waals surface area contributed by atoms with Crippen molar-refractivity contribution in [1.82, 2.24) is 19.9 Å². The van der Waals surface area contributed by atoms with Gasteiger partial charge in [-0.2, -0.15) is 0 Å². The maximum absolute atomic E-state index is 13.0. The molecule has 0 radical (unpaired) electrons. The fourth-order valence-corrected chi connectivity index (χ4v) is 5.42. The number of sulfonamides is 1. The first-order valence-corrected chi connectivity index (χ1v) is 12.9. The average Bonchev–Trinajstić information content (AvgIpc) is 3.37. The summed E-state index contributed by atoms with van der Waals surface area (Å²) in [5.41, 5.74) is 0.827. The van der Waals surface area contributed by atoms with Crippen molar-refractivity contribution >= 4 is 33.2 Å². The third-order valence-corrected chi connectivity index (χ3v) is 7.72. The molecule has 0 bridgehead atoms. The van der Waals surface area contributed by atoms with Gasteiger partial charge in [-0.15, -0.1) is 11.3 Å². The first kappa shape index (κ1) is 23.1. The highest BCUT2D eigenvalue weighted by molar-refractivity contribution is 7.89. The van der Waals surface area contributed by atoms with Crippen molar-refractivity contribution in [3.8, 4) is 0 Å². The maximum Gasteiger partial charge on any atom is 0.253 e. The van der Waals surface area contributed by atoms with Gasteiger partial charge >= 0.3 is 0 Å². The van der Waals surface area contributed by atoms with Crippen molar-refractivity contribution in [2.24, 2.45) is 0 Å². The molecule has 4 rings (SSSR count). The third-order valence-electron chi connectivity index (χ3n) is 5.45. The van der Waals surface area contributed by atoms with Crippen LogP contribution in [0.15, 0.2) is 71.2 Å². The van der Waals surface area contributed by atoms with Crippen LogP contribution in [0, 0.1) is 0 Å². The van der Waals surface area contributed by atoms with Crippen molar-refractivity contribution in [2.75, 3.05) is 13.1 Å². The van der Waals surface area contributed by atoms with Crippen LogP contribution in [0.1, 0.15) is 38.4 Å². The van der Waals surface area contributed by atoms with E-state index >= 15 is 0 Å². The molecule has 1 aromatic carbocycles.